The number of hydrogen-bond acceptors (Lipinski definition) is 4. The summed E-state index contributed by atoms with van der Waals surface area (Å²) in [6.07, 6.45) is 0. The summed E-state index contributed by atoms with van der Waals surface area (Å²) in [4.78, 5) is 39.8. The maximum atomic E-state index is 13.0. The highest BCUT2D eigenvalue weighted by Crippen LogP contribution is 2.28. The Kier molecular flexibility index (Phi) is 5.40. The van der Waals surface area contributed by atoms with Crippen LogP contribution < -0.4 is 0 Å². The van der Waals surface area contributed by atoms with E-state index in [-0.39, 0.29) is 13.1 Å². The van der Waals surface area contributed by atoms with Gasteiger partial charge in [0.15, 0.2) is 12.1 Å². The van der Waals surface area contributed by atoms with Crippen LogP contribution in [-0.4, -0.2) is 52.1 Å². The number of urea groups is 1. The van der Waals surface area contributed by atoms with Gasteiger partial charge in [0.25, 0.3) is 0 Å². The third kappa shape index (κ3) is 3.76. The molecule has 7 nitrogen and oxygen atoms in total. The van der Waals surface area contributed by atoms with Gasteiger partial charge in [0.2, 0.25) is 0 Å². The molecule has 140 valence electrons. The fourth-order valence-electron chi connectivity index (χ4n) is 3.28. The van der Waals surface area contributed by atoms with E-state index in [0.717, 1.165) is 11.1 Å². The monoisotopic (exact) mass is 368 g/mol. The van der Waals surface area contributed by atoms with E-state index in [9.17, 15) is 19.5 Å². The first-order chi connectivity index (χ1) is 13.0. The molecule has 1 aliphatic heterocycles. The van der Waals surface area contributed by atoms with Gasteiger partial charge in [-0.2, -0.15) is 0 Å². The van der Waals surface area contributed by atoms with Crippen molar-refractivity contribution in [2.24, 2.45) is 0 Å². The van der Waals surface area contributed by atoms with Crippen LogP contribution >= 0.6 is 0 Å². The largest absolute Gasteiger partial charge is 0.480 e. The van der Waals surface area contributed by atoms with Crippen molar-refractivity contribution in [2.45, 2.75) is 25.2 Å². The number of amides is 2. The molecule has 2 atom stereocenters. The zero-order chi connectivity index (χ0) is 19.4. The minimum Gasteiger partial charge on any atom is -0.480 e. The molecule has 0 bridgehead atoms. The molecule has 0 aliphatic carbocycles. The number of benzene rings is 2. The highest BCUT2D eigenvalue weighted by Gasteiger charge is 2.53. The number of carboxylic acid groups (broad SMARTS) is 1. The normalized spacial score (nSPS) is 19.2. The van der Waals surface area contributed by atoms with Crippen molar-refractivity contribution in [3.05, 3.63) is 71.8 Å². The number of methoxy groups -OCH3 is 1. The number of aliphatic carboxylic acids is 1. The van der Waals surface area contributed by atoms with E-state index < -0.39 is 30.1 Å². The fraction of sp³-hybridized carbons (Fsp3) is 0.250. The number of esters is 1. The van der Waals surface area contributed by atoms with E-state index in [1.807, 2.05) is 48.5 Å². The molecule has 0 radical (unpaired) electrons. The molecule has 0 saturated carbocycles. The van der Waals surface area contributed by atoms with Gasteiger partial charge >= 0.3 is 18.0 Å². The van der Waals surface area contributed by atoms with Gasteiger partial charge in [-0.05, 0) is 11.1 Å². The molecule has 1 N–H and O–H groups in total. The van der Waals surface area contributed by atoms with Crippen LogP contribution in [-0.2, 0) is 27.4 Å². The van der Waals surface area contributed by atoms with Crippen LogP contribution in [0, 0.1) is 0 Å². The van der Waals surface area contributed by atoms with Gasteiger partial charge < -0.3 is 19.6 Å². The maximum Gasteiger partial charge on any atom is 0.331 e. The maximum absolute atomic E-state index is 13.0. The Morgan fingerprint density at radius 2 is 1.33 bits per heavy atom. The Bertz CT molecular complexity index is 825. The topological polar surface area (TPSA) is 87.1 Å². The highest BCUT2D eigenvalue weighted by atomic mass is 16.5. The summed E-state index contributed by atoms with van der Waals surface area (Å²) in [6, 6.07) is 15.1. The molecule has 0 aromatic heterocycles. The second kappa shape index (κ2) is 7.90. The summed E-state index contributed by atoms with van der Waals surface area (Å²) in [5.41, 5.74) is 1.58. The van der Waals surface area contributed by atoms with Gasteiger partial charge in [-0.1, -0.05) is 60.7 Å². The smallest absolute Gasteiger partial charge is 0.331 e. The van der Waals surface area contributed by atoms with Gasteiger partial charge in [-0.15, -0.1) is 0 Å². The summed E-state index contributed by atoms with van der Waals surface area (Å²) in [5.74, 6) is -1.99. The molecule has 1 fully saturated rings. The number of carbonyl (C=O) groups is 3. The van der Waals surface area contributed by atoms with Crippen LogP contribution in [0.15, 0.2) is 60.7 Å². The Hall–Kier alpha value is -3.35. The van der Waals surface area contributed by atoms with E-state index >= 15 is 0 Å². The molecule has 2 aromatic carbocycles. The molecular weight excluding hydrogens is 348 g/mol. The molecule has 3 rings (SSSR count). The van der Waals surface area contributed by atoms with Crippen LogP contribution in [0.3, 0.4) is 0 Å². The van der Waals surface area contributed by atoms with E-state index in [1.165, 1.54) is 16.9 Å². The summed E-state index contributed by atoms with van der Waals surface area (Å²) in [5, 5.41) is 9.75. The zero-order valence-electron chi connectivity index (χ0n) is 14.8. The Labute approximate surface area is 156 Å². The molecule has 1 unspecified atom stereocenters. The van der Waals surface area contributed by atoms with E-state index in [1.54, 1.807) is 12.1 Å². The minimum atomic E-state index is -1.33. The van der Waals surface area contributed by atoms with Gasteiger partial charge in [-0.25, -0.2) is 14.4 Å². The van der Waals surface area contributed by atoms with Crippen molar-refractivity contribution in [1.82, 2.24) is 9.80 Å². The average molecular weight is 368 g/mol. The first-order valence-corrected chi connectivity index (χ1v) is 8.48. The average Bonchev–Trinajstić information content (AvgIpc) is 2.95. The SMILES string of the molecule is COC(=O)[C@H]1C(C(=O)O)N(Cc2ccccc2)C(=O)N1Cc1ccccc1. The predicted octanol–water partition coefficient (Wildman–Crippen LogP) is 2.12. The molecule has 1 aliphatic rings. The van der Waals surface area contributed by atoms with Crippen molar-refractivity contribution in [3.8, 4) is 0 Å². The van der Waals surface area contributed by atoms with Crippen molar-refractivity contribution >= 4 is 18.0 Å². The Morgan fingerprint density at radius 3 is 1.74 bits per heavy atom. The lowest BCUT2D eigenvalue weighted by Crippen LogP contribution is -2.48. The number of ether oxygens (including phenoxy) is 1. The minimum absolute atomic E-state index is 0.0927. The van der Waals surface area contributed by atoms with Crippen LogP contribution in [0.4, 0.5) is 4.79 Å². The Balaban J connectivity index is 1.96. The number of rotatable bonds is 6. The third-order valence-corrected chi connectivity index (χ3v) is 4.55. The zero-order valence-corrected chi connectivity index (χ0v) is 14.8. The first-order valence-electron chi connectivity index (χ1n) is 8.48. The fourth-order valence-corrected chi connectivity index (χ4v) is 3.28. The standard InChI is InChI=1S/C20H20N2O5/c1-27-19(25)17-16(18(23)24)21(12-14-8-4-2-5-9-14)20(26)22(17)13-15-10-6-3-7-11-15/h2-11,16-17H,12-13H2,1H3,(H,23,24)/t16?,17-/m1/s1. The van der Waals surface area contributed by atoms with Gasteiger partial charge in [0.05, 0.1) is 7.11 Å². The van der Waals surface area contributed by atoms with Crippen molar-refractivity contribution in [1.29, 1.82) is 0 Å². The van der Waals surface area contributed by atoms with Crippen LogP contribution in [0.2, 0.25) is 0 Å². The lowest BCUT2D eigenvalue weighted by atomic mass is 10.1. The lowest BCUT2D eigenvalue weighted by Gasteiger charge is -2.23. The van der Waals surface area contributed by atoms with Crippen molar-refractivity contribution in [3.63, 3.8) is 0 Å². The molecule has 0 spiro atoms. The van der Waals surface area contributed by atoms with Crippen LogP contribution in [0.25, 0.3) is 0 Å². The quantitative estimate of drug-likeness (QED) is 0.789. The highest BCUT2D eigenvalue weighted by molar-refractivity contribution is 5.96. The number of nitrogens with zero attached hydrogens (tertiary/aromatic N) is 2. The summed E-state index contributed by atoms with van der Waals surface area (Å²) in [6.45, 7) is 0.212. The van der Waals surface area contributed by atoms with E-state index in [0.29, 0.717) is 0 Å². The molecule has 27 heavy (non-hydrogen) atoms. The van der Waals surface area contributed by atoms with Gasteiger partial charge in [0, 0.05) is 13.1 Å². The van der Waals surface area contributed by atoms with Crippen molar-refractivity contribution < 1.29 is 24.2 Å². The number of hydrogen-bond donors (Lipinski definition) is 1. The van der Waals surface area contributed by atoms with Crippen LogP contribution in [0.5, 0.6) is 0 Å². The third-order valence-electron chi connectivity index (χ3n) is 4.55. The molecule has 2 amide bonds. The van der Waals surface area contributed by atoms with Crippen LogP contribution in [0.1, 0.15) is 11.1 Å². The van der Waals surface area contributed by atoms with Gasteiger partial charge in [-0.3, -0.25) is 0 Å². The summed E-state index contributed by atoms with van der Waals surface area (Å²) < 4.78 is 4.81. The molecule has 2 aromatic rings. The predicted molar refractivity (Wildman–Crippen MR) is 96.6 cm³/mol. The summed E-state index contributed by atoms with van der Waals surface area (Å²) in [7, 11) is 1.19. The molecule has 1 heterocycles. The van der Waals surface area contributed by atoms with E-state index in [4.69, 9.17) is 4.74 Å². The second-order valence-electron chi connectivity index (χ2n) is 6.26. The molecular formula is C20H20N2O5. The van der Waals surface area contributed by atoms with Gasteiger partial charge in [0.1, 0.15) is 0 Å². The number of carbonyl (C=O) groups excluding carboxylic acids is 2. The first kappa shape index (κ1) is 18.4. The second-order valence-corrected chi connectivity index (χ2v) is 6.26. The molecule has 7 heteroatoms. The lowest BCUT2D eigenvalue weighted by molar-refractivity contribution is -0.153. The van der Waals surface area contributed by atoms with Crippen molar-refractivity contribution in [2.75, 3.05) is 7.11 Å². The van der Waals surface area contributed by atoms with E-state index in [2.05, 4.69) is 0 Å². The number of carboxylic acids is 1. The Morgan fingerprint density at radius 1 is 0.889 bits per heavy atom. The molecule has 1 saturated heterocycles. The summed E-state index contributed by atoms with van der Waals surface area (Å²) >= 11 is 0.